The fourth-order valence-corrected chi connectivity index (χ4v) is 3.75. The molecule has 8 nitrogen and oxygen atoms in total. The van der Waals surface area contributed by atoms with Gasteiger partial charge in [-0.05, 0) is 41.8 Å². The molecule has 2 aromatic carbocycles. The van der Waals surface area contributed by atoms with Gasteiger partial charge in [-0.25, -0.2) is 9.80 Å². The maximum atomic E-state index is 12.2. The number of nitrogens with zero attached hydrogens (tertiary/aromatic N) is 2. The summed E-state index contributed by atoms with van der Waals surface area (Å²) in [6.07, 6.45) is 8.45. The molecule has 2 aliphatic heterocycles. The maximum absolute atomic E-state index is 12.2. The molecule has 2 heterocycles. The van der Waals surface area contributed by atoms with Gasteiger partial charge in [-0.15, -0.1) is 0 Å². The minimum absolute atomic E-state index is 0.195. The van der Waals surface area contributed by atoms with Gasteiger partial charge in [0.15, 0.2) is 0 Å². The summed E-state index contributed by atoms with van der Waals surface area (Å²) in [4.78, 5) is 50.8. The summed E-state index contributed by atoms with van der Waals surface area (Å²) in [5.41, 5.74) is 2.38. The van der Waals surface area contributed by atoms with E-state index < -0.39 is 23.6 Å². The predicted octanol–water partition coefficient (Wildman–Crippen LogP) is 3.27. The van der Waals surface area contributed by atoms with Gasteiger partial charge in [-0.3, -0.25) is 19.2 Å². The van der Waals surface area contributed by atoms with Crippen LogP contribution in [-0.2, 0) is 25.6 Å². The third-order valence-corrected chi connectivity index (χ3v) is 5.27. The lowest BCUT2D eigenvalue weighted by Gasteiger charge is -2.20. The van der Waals surface area contributed by atoms with Gasteiger partial charge >= 0.3 is 0 Å². The number of hydrogen-bond donors (Lipinski definition) is 0. The number of ether oxygens (including phenoxy) is 2. The van der Waals surface area contributed by atoms with E-state index in [0.29, 0.717) is 29.3 Å². The van der Waals surface area contributed by atoms with Gasteiger partial charge in [0.05, 0.1) is 11.4 Å². The molecule has 176 valence electrons. The first-order valence-corrected chi connectivity index (χ1v) is 10.8. The van der Waals surface area contributed by atoms with E-state index in [2.05, 4.69) is 13.2 Å². The molecule has 0 aromatic heterocycles. The number of imide groups is 2. The Kier molecular flexibility index (Phi) is 6.73. The Morgan fingerprint density at radius 2 is 1.00 bits per heavy atom. The molecule has 0 unspecified atom stereocenters. The number of carbonyl (C=O) groups is 4. The van der Waals surface area contributed by atoms with Crippen LogP contribution in [0, 0.1) is 0 Å². The zero-order valence-electron chi connectivity index (χ0n) is 18.8. The van der Waals surface area contributed by atoms with Crippen LogP contribution in [0.3, 0.4) is 0 Å². The summed E-state index contributed by atoms with van der Waals surface area (Å²) in [5, 5.41) is 0. The van der Waals surface area contributed by atoms with E-state index in [0.717, 1.165) is 20.9 Å². The number of benzene rings is 2. The van der Waals surface area contributed by atoms with Crippen LogP contribution < -0.4 is 19.3 Å². The minimum atomic E-state index is -0.439. The van der Waals surface area contributed by atoms with E-state index in [9.17, 15) is 19.2 Å². The minimum Gasteiger partial charge on any atom is -0.487 e. The van der Waals surface area contributed by atoms with E-state index in [-0.39, 0.29) is 13.2 Å². The zero-order valence-corrected chi connectivity index (χ0v) is 18.8. The summed E-state index contributed by atoms with van der Waals surface area (Å²) in [7, 11) is 0. The van der Waals surface area contributed by atoms with Crippen LogP contribution in [0.2, 0.25) is 0 Å². The molecule has 8 heteroatoms. The summed E-state index contributed by atoms with van der Waals surface area (Å²) in [6.45, 7) is 7.68. The summed E-state index contributed by atoms with van der Waals surface area (Å²) >= 11 is 0. The summed E-state index contributed by atoms with van der Waals surface area (Å²) < 4.78 is 11.5. The van der Waals surface area contributed by atoms with Crippen molar-refractivity contribution in [3.05, 3.63) is 97.1 Å². The molecule has 0 radical (unpaired) electrons. The van der Waals surface area contributed by atoms with Crippen molar-refractivity contribution in [1.29, 1.82) is 0 Å². The third kappa shape index (κ3) is 4.81. The SMILES string of the molecule is C=CCOc1cc(Cc2ccc(N3C(=O)C=CC3=O)c(OCC=C)c2)ccc1N1C(=O)C=CC1=O. The van der Waals surface area contributed by atoms with Gasteiger partial charge in [0, 0.05) is 24.3 Å². The first-order chi connectivity index (χ1) is 16.9. The quantitative estimate of drug-likeness (QED) is 0.391. The standard InChI is InChI=1S/C27H22N2O6/c1-3-13-34-22-16-18(5-7-20(22)28-24(30)9-10-25(28)31)15-19-6-8-21(23(17-19)35-14-4-2)29-26(32)11-12-27(29)33/h3-12,16-17H,1-2,13-15H2. The van der Waals surface area contributed by atoms with Crippen LogP contribution in [0.1, 0.15) is 11.1 Å². The van der Waals surface area contributed by atoms with Gasteiger partial charge in [0.1, 0.15) is 24.7 Å². The van der Waals surface area contributed by atoms with Gasteiger partial charge < -0.3 is 9.47 Å². The van der Waals surface area contributed by atoms with E-state index in [4.69, 9.17) is 9.47 Å². The number of anilines is 2. The zero-order chi connectivity index (χ0) is 24.9. The fraction of sp³-hybridized carbons (Fsp3) is 0.111. The van der Waals surface area contributed by atoms with Crippen molar-refractivity contribution in [2.75, 3.05) is 23.0 Å². The molecule has 4 rings (SSSR count). The van der Waals surface area contributed by atoms with Crippen molar-refractivity contribution < 1.29 is 28.7 Å². The monoisotopic (exact) mass is 470 g/mol. The topological polar surface area (TPSA) is 93.2 Å². The molecule has 2 aliphatic rings. The second-order valence-corrected chi connectivity index (χ2v) is 7.67. The molecular formula is C27H22N2O6. The average molecular weight is 470 g/mol. The van der Waals surface area contributed by atoms with Gasteiger partial charge in [-0.2, -0.15) is 0 Å². The van der Waals surface area contributed by atoms with Gasteiger partial charge in [0.2, 0.25) is 0 Å². The van der Waals surface area contributed by atoms with Gasteiger partial charge in [-0.1, -0.05) is 37.4 Å². The van der Waals surface area contributed by atoms with E-state index in [1.54, 1.807) is 48.6 Å². The number of carbonyl (C=O) groups excluding carboxylic acids is 4. The Hall–Kier alpha value is -4.72. The number of hydrogen-bond acceptors (Lipinski definition) is 6. The van der Waals surface area contributed by atoms with Crippen molar-refractivity contribution in [2.45, 2.75) is 6.42 Å². The molecule has 4 amide bonds. The largest absolute Gasteiger partial charge is 0.487 e. The second kappa shape index (κ2) is 10.0. The molecule has 0 bridgehead atoms. The Balaban J connectivity index is 1.64. The molecule has 0 saturated carbocycles. The summed E-state index contributed by atoms with van der Waals surface area (Å²) in [5.74, 6) is -1.02. The molecular weight excluding hydrogens is 448 g/mol. The van der Waals surface area contributed by atoms with Crippen molar-refractivity contribution in [1.82, 2.24) is 0 Å². The maximum Gasteiger partial charge on any atom is 0.258 e. The van der Waals surface area contributed by atoms with Crippen LogP contribution in [0.5, 0.6) is 11.5 Å². The average Bonchev–Trinajstić information content (AvgIpc) is 3.36. The lowest BCUT2D eigenvalue weighted by molar-refractivity contribution is -0.121. The van der Waals surface area contributed by atoms with Crippen molar-refractivity contribution in [3.8, 4) is 11.5 Å². The molecule has 0 saturated heterocycles. The Labute approximate surface area is 202 Å². The summed E-state index contributed by atoms with van der Waals surface area (Å²) in [6, 6.07) is 10.4. The third-order valence-electron chi connectivity index (χ3n) is 5.27. The highest BCUT2D eigenvalue weighted by molar-refractivity contribution is 6.29. The van der Waals surface area contributed by atoms with Gasteiger partial charge in [0.25, 0.3) is 23.6 Å². The van der Waals surface area contributed by atoms with Crippen molar-refractivity contribution in [2.24, 2.45) is 0 Å². The van der Waals surface area contributed by atoms with Crippen LogP contribution in [0.4, 0.5) is 11.4 Å². The normalized spacial score (nSPS) is 14.7. The highest BCUT2D eigenvalue weighted by atomic mass is 16.5. The highest BCUT2D eigenvalue weighted by Crippen LogP contribution is 2.35. The van der Waals surface area contributed by atoms with Crippen LogP contribution >= 0.6 is 0 Å². The second-order valence-electron chi connectivity index (χ2n) is 7.67. The van der Waals surface area contributed by atoms with Crippen molar-refractivity contribution >= 4 is 35.0 Å². The molecule has 0 aliphatic carbocycles. The highest BCUT2D eigenvalue weighted by Gasteiger charge is 2.29. The Bertz CT molecular complexity index is 1170. The van der Waals surface area contributed by atoms with Crippen molar-refractivity contribution in [3.63, 3.8) is 0 Å². The number of amides is 4. The van der Waals surface area contributed by atoms with Crippen LogP contribution in [0.15, 0.2) is 86.0 Å². The Morgan fingerprint density at radius 3 is 1.34 bits per heavy atom. The lowest BCUT2D eigenvalue weighted by Crippen LogP contribution is -2.30. The smallest absolute Gasteiger partial charge is 0.258 e. The number of rotatable bonds is 10. The Morgan fingerprint density at radius 1 is 0.629 bits per heavy atom. The molecule has 0 spiro atoms. The molecule has 0 fully saturated rings. The predicted molar refractivity (Wildman–Crippen MR) is 130 cm³/mol. The molecule has 0 atom stereocenters. The van der Waals surface area contributed by atoms with E-state index in [1.165, 1.54) is 24.3 Å². The van der Waals surface area contributed by atoms with Crippen LogP contribution in [-0.4, -0.2) is 36.8 Å². The van der Waals surface area contributed by atoms with E-state index in [1.807, 2.05) is 0 Å². The molecule has 35 heavy (non-hydrogen) atoms. The first kappa shape index (κ1) is 23.4. The first-order valence-electron chi connectivity index (χ1n) is 10.8. The lowest BCUT2D eigenvalue weighted by atomic mass is 10.0. The van der Waals surface area contributed by atoms with E-state index >= 15 is 0 Å². The molecule has 2 aromatic rings. The molecule has 0 N–H and O–H groups in total. The fourth-order valence-electron chi connectivity index (χ4n) is 3.75. The van der Waals surface area contributed by atoms with Crippen LogP contribution in [0.25, 0.3) is 0 Å².